The molecule has 0 unspecified atom stereocenters. The summed E-state index contributed by atoms with van der Waals surface area (Å²) >= 11 is 0. The zero-order chi connectivity index (χ0) is 12.3. The number of hydrogen-bond acceptors (Lipinski definition) is 2. The van der Waals surface area contributed by atoms with Gasteiger partial charge in [0.15, 0.2) is 0 Å². The smallest absolute Gasteiger partial charge is 0.142 e. The third-order valence-electron chi connectivity index (χ3n) is 2.74. The Bertz CT molecular complexity index is 337. The first-order valence-corrected chi connectivity index (χ1v) is 5.94. The lowest BCUT2D eigenvalue weighted by atomic mass is 9.96. The van der Waals surface area contributed by atoms with E-state index in [0.29, 0.717) is 11.8 Å². The van der Waals surface area contributed by atoms with Crippen LogP contribution in [0.4, 0.5) is 5.69 Å². The summed E-state index contributed by atoms with van der Waals surface area (Å²) < 4.78 is 6.00. The SMILES string of the molecule is Cc1ccc(OC(C(C)C)C(C)C)c(N)c1. The third-order valence-corrected chi connectivity index (χ3v) is 2.74. The van der Waals surface area contributed by atoms with Crippen LogP contribution in [0.1, 0.15) is 33.3 Å². The van der Waals surface area contributed by atoms with E-state index in [4.69, 9.17) is 10.5 Å². The Morgan fingerprint density at radius 1 is 1.06 bits per heavy atom. The van der Waals surface area contributed by atoms with E-state index in [1.807, 2.05) is 25.1 Å². The van der Waals surface area contributed by atoms with Gasteiger partial charge in [-0.2, -0.15) is 0 Å². The predicted octanol–water partition coefficient (Wildman–Crippen LogP) is 3.64. The molecule has 0 heterocycles. The van der Waals surface area contributed by atoms with Gasteiger partial charge >= 0.3 is 0 Å². The highest BCUT2D eigenvalue weighted by atomic mass is 16.5. The Balaban J connectivity index is 2.85. The van der Waals surface area contributed by atoms with Gasteiger partial charge in [-0.15, -0.1) is 0 Å². The molecule has 1 aromatic rings. The minimum absolute atomic E-state index is 0.213. The van der Waals surface area contributed by atoms with Crippen LogP contribution in [0.3, 0.4) is 0 Å². The van der Waals surface area contributed by atoms with Crippen molar-refractivity contribution in [2.45, 2.75) is 40.7 Å². The Kier molecular flexibility index (Phi) is 4.22. The Labute approximate surface area is 98.8 Å². The molecule has 0 fully saturated rings. The third kappa shape index (κ3) is 3.16. The molecule has 0 spiro atoms. The summed E-state index contributed by atoms with van der Waals surface area (Å²) in [7, 11) is 0. The molecule has 90 valence electrons. The summed E-state index contributed by atoms with van der Waals surface area (Å²) in [5.41, 5.74) is 7.84. The zero-order valence-electron chi connectivity index (χ0n) is 10.9. The maximum atomic E-state index is 6.00. The lowest BCUT2D eigenvalue weighted by Crippen LogP contribution is -2.29. The molecular weight excluding hydrogens is 198 g/mol. The van der Waals surface area contributed by atoms with Crippen LogP contribution in [0.15, 0.2) is 18.2 Å². The van der Waals surface area contributed by atoms with Crippen molar-refractivity contribution in [3.63, 3.8) is 0 Å². The van der Waals surface area contributed by atoms with Crippen LogP contribution >= 0.6 is 0 Å². The highest BCUT2D eigenvalue weighted by molar-refractivity contribution is 5.54. The van der Waals surface area contributed by atoms with Gasteiger partial charge in [-0.05, 0) is 36.5 Å². The molecule has 0 amide bonds. The van der Waals surface area contributed by atoms with Crippen molar-refractivity contribution < 1.29 is 4.74 Å². The van der Waals surface area contributed by atoms with E-state index in [1.165, 1.54) is 0 Å². The van der Waals surface area contributed by atoms with Gasteiger partial charge in [0.2, 0.25) is 0 Å². The van der Waals surface area contributed by atoms with E-state index in [-0.39, 0.29) is 6.10 Å². The topological polar surface area (TPSA) is 35.2 Å². The van der Waals surface area contributed by atoms with Gasteiger partial charge in [0.1, 0.15) is 11.9 Å². The molecular formula is C14H23NO. The molecule has 2 nitrogen and oxygen atoms in total. The van der Waals surface area contributed by atoms with Gasteiger partial charge < -0.3 is 10.5 Å². The molecule has 0 aliphatic heterocycles. The zero-order valence-corrected chi connectivity index (χ0v) is 10.9. The largest absolute Gasteiger partial charge is 0.488 e. The molecule has 2 heteroatoms. The fraction of sp³-hybridized carbons (Fsp3) is 0.571. The number of hydrogen-bond donors (Lipinski definition) is 1. The van der Waals surface area contributed by atoms with Crippen molar-refractivity contribution in [3.8, 4) is 5.75 Å². The molecule has 0 aromatic heterocycles. The quantitative estimate of drug-likeness (QED) is 0.788. The van der Waals surface area contributed by atoms with E-state index < -0.39 is 0 Å². The molecule has 0 saturated heterocycles. The van der Waals surface area contributed by atoms with Crippen LogP contribution in [0.5, 0.6) is 5.75 Å². The minimum Gasteiger partial charge on any atom is -0.488 e. The molecule has 0 atom stereocenters. The van der Waals surface area contributed by atoms with Crippen molar-refractivity contribution in [1.82, 2.24) is 0 Å². The first-order valence-electron chi connectivity index (χ1n) is 5.94. The van der Waals surface area contributed by atoms with E-state index in [1.54, 1.807) is 0 Å². The summed E-state index contributed by atoms with van der Waals surface area (Å²) in [6.45, 7) is 10.7. The Morgan fingerprint density at radius 3 is 2.06 bits per heavy atom. The predicted molar refractivity (Wildman–Crippen MR) is 69.7 cm³/mol. The second-order valence-corrected chi connectivity index (χ2v) is 5.11. The molecule has 1 rings (SSSR count). The molecule has 0 bridgehead atoms. The summed E-state index contributed by atoms with van der Waals surface area (Å²) in [6, 6.07) is 5.94. The second kappa shape index (κ2) is 5.24. The lowest BCUT2D eigenvalue weighted by molar-refractivity contribution is 0.106. The molecule has 2 N–H and O–H groups in total. The van der Waals surface area contributed by atoms with Crippen molar-refractivity contribution in [2.75, 3.05) is 5.73 Å². The number of ether oxygens (including phenoxy) is 1. The highest BCUT2D eigenvalue weighted by Crippen LogP contribution is 2.27. The summed E-state index contributed by atoms with van der Waals surface area (Å²) in [4.78, 5) is 0. The van der Waals surface area contributed by atoms with Crippen LogP contribution in [0.25, 0.3) is 0 Å². The van der Waals surface area contributed by atoms with E-state index in [9.17, 15) is 0 Å². The van der Waals surface area contributed by atoms with E-state index in [2.05, 4.69) is 27.7 Å². The molecule has 16 heavy (non-hydrogen) atoms. The standard InChI is InChI=1S/C14H23NO/c1-9(2)14(10(3)4)16-13-7-6-11(5)8-12(13)15/h6-10,14H,15H2,1-5H3. The number of nitrogens with two attached hydrogens (primary N) is 1. The van der Waals surface area contributed by atoms with Crippen LogP contribution in [0, 0.1) is 18.8 Å². The van der Waals surface area contributed by atoms with Gasteiger partial charge in [-0.1, -0.05) is 33.8 Å². The summed E-state index contributed by atoms with van der Waals surface area (Å²) in [5.74, 6) is 1.78. The molecule has 0 aliphatic rings. The Hall–Kier alpha value is -1.18. The molecule has 0 saturated carbocycles. The van der Waals surface area contributed by atoms with Gasteiger partial charge in [-0.3, -0.25) is 0 Å². The van der Waals surface area contributed by atoms with Crippen molar-refractivity contribution in [1.29, 1.82) is 0 Å². The van der Waals surface area contributed by atoms with Gasteiger partial charge in [-0.25, -0.2) is 0 Å². The van der Waals surface area contributed by atoms with Gasteiger partial charge in [0.05, 0.1) is 5.69 Å². The minimum atomic E-state index is 0.213. The molecule has 0 aliphatic carbocycles. The molecule has 0 radical (unpaired) electrons. The van der Waals surface area contributed by atoms with E-state index >= 15 is 0 Å². The lowest BCUT2D eigenvalue weighted by Gasteiger charge is -2.26. The number of aryl methyl sites for hydroxylation is 1. The number of anilines is 1. The normalized spacial score (nSPS) is 11.5. The average molecular weight is 221 g/mol. The summed E-state index contributed by atoms with van der Waals surface area (Å²) in [6.07, 6.45) is 0.213. The van der Waals surface area contributed by atoms with Crippen molar-refractivity contribution in [2.24, 2.45) is 11.8 Å². The summed E-state index contributed by atoms with van der Waals surface area (Å²) in [5, 5.41) is 0. The van der Waals surface area contributed by atoms with Crippen LogP contribution in [-0.4, -0.2) is 6.10 Å². The first-order chi connectivity index (χ1) is 7.41. The van der Waals surface area contributed by atoms with Crippen LogP contribution in [0.2, 0.25) is 0 Å². The maximum absolute atomic E-state index is 6.00. The first kappa shape index (κ1) is 12.9. The Morgan fingerprint density at radius 2 is 1.62 bits per heavy atom. The van der Waals surface area contributed by atoms with Crippen molar-refractivity contribution in [3.05, 3.63) is 23.8 Å². The average Bonchev–Trinajstić information content (AvgIpc) is 2.15. The van der Waals surface area contributed by atoms with Gasteiger partial charge in [0, 0.05) is 0 Å². The number of nitrogen functional groups attached to an aromatic ring is 1. The van der Waals surface area contributed by atoms with Gasteiger partial charge in [0.25, 0.3) is 0 Å². The highest BCUT2D eigenvalue weighted by Gasteiger charge is 2.20. The molecule has 1 aromatic carbocycles. The van der Waals surface area contributed by atoms with Crippen LogP contribution in [-0.2, 0) is 0 Å². The fourth-order valence-corrected chi connectivity index (χ4v) is 1.96. The second-order valence-electron chi connectivity index (χ2n) is 5.11. The van der Waals surface area contributed by atoms with Crippen molar-refractivity contribution >= 4 is 5.69 Å². The monoisotopic (exact) mass is 221 g/mol. The number of benzene rings is 1. The number of rotatable bonds is 4. The maximum Gasteiger partial charge on any atom is 0.142 e. The van der Waals surface area contributed by atoms with E-state index in [0.717, 1.165) is 17.0 Å². The fourth-order valence-electron chi connectivity index (χ4n) is 1.96. The van der Waals surface area contributed by atoms with Crippen LogP contribution < -0.4 is 10.5 Å².